The third-order valence-electron chi connectivity index (χ3n) is 5.58. The molecule has 3 aromatic carbocycles. The summed E-state index contributed by atoms with van der Waals surface area (Å²) >= 11 is 6.07. The fourth-order valence-electron chi connectivity index (χ4n) is 3.80. The molecule has 164 valence electrons. The molecule has 2 amide bonds. The number of carbonyl (C=O) groups excluding carboxylic acids is 2. The number of halogens is 1. The lowest BCUT2D eigenvalue weighted by Crippen LogP contribution is -2.32. The number of amides is 2. The molecule has 2 atom stereocenters. The summed E-state index contributed by atoms with van der Waals surface area (Å²) < 4.78 is 5.80. The van der Waals surface area contributed by atoms with Crippen LogP contribution in [-0.4, -0.2) is 37.6 Å². The number of hydrogen-bond donors (Lipinski definition) is 2. The fourth-order valence-corrected chi connectivity index (χ4v) is 4.02. The molecule has 32 heavy (non-hydrogen) atoms. The summed E-state index contributed by atoms with van der Waals surface area (Å²) in [5, 5.41) is 6.31. The average Bonchev–Trinajstić information content (AvgIpc) is 3.30. The van der Waals surface area contributed by atoms with Crippen LogP contribution in [0.25, 0.3) is 11.1 Å². The van der Waals surface area contributed by atoms with E-state index in [-0.39, 0.29) is 23.8 Å². The Balaban J connectivity index is 1.21. The van der Waals surface area contributed by atoms with Crippen LogP contribution in [0.15, 0.2) is 78.9 Å². The predicted molar refractivity (Wildman–Crippen MR) is 126 cm³/mol. The maximum absolute atomic E-state index is 12.5. The van der Waals surface area contributed by atoms with E-state index in [0.717, 1.165) is 17.5 Å². The molecule has 2 unspecified atom stereocenters. The van der Waals surface area contributed by atoms with Gasteiger partial charge in [-0.15, -0.1) is 0 Å². The smallest absolute Gasteiger partial charge is 0.252 e. The summed E-state index contributed by atoms with van der Waals surface area (Å²) in [5.41, 5.74) is 3.27. The number of benzene rings is 3. The molecule has 5 nitrogen and oxygen atoms in total. The maximum atomic E-state index is 12.5. The van der Waals surface area contributed by atoms with Gasteiger partial charge >= 0.3 is 0 Å². The standard InChI is InChI=1S/C26H25ClN2O3/c27-24-9-5-4-8-23(24)26(31)28-15-18-14-22(32-17-18)16-29-25(30)21-12-10-20(11-13-21)19-6-2-1-3-7-19/h1-13,18,22H,14-17H2,(H,28,31)(H,29,30). The molecule has 2 N–H and O–H groups in total. The first-order valence-corrected chi connectivity index (χ1v) is 11.1. The van der Waals surface area contributed by atoms with Crippen molar-refractivity contribution in [2.75, 3.05) is 19.7 Å². The molecule has 1 saturated heterocycles. The van der Waals surface area contributed by atoms with E-state index in [0.29, 0.717) is 35.8 Å². The van der Waals surface area contributed by atoms with Gasteiger partial charge in [-0.25, -0.2) is 0 Å². The Kier molecular flexibility index (Phi) is 7.20. The van der Waals surface area contributed by atoms with E-state index in [1.807, 2.05) is 54.6 Å². The van der Waals surface area contributed by atoms with Crippen molar-refractivity contribution >= 4 is 23.4 Å². The monoisotopic (exact) mass is 448 g/mol. The number of nitrogens with one attached hydrogen (secondary N) is 2. The van der Waals surface area contributed by atoms with Gasteiger partial charge in [-0.3, -0.25) is 9.59 Å². The lowest BCUT2D eigenvalue weighted by atomic mass is 10.0. The Morgan fingerprint density at radius 1 is 0.812 bits per heavy atom. The van der Waals surface area contributed by atoms with E-state index in [1.54, 1.807) is 24.3 Å². The number of carbonyl (C=O) groups is 2. The van der Waals surface area contributed by atoms with Gasteiger partial charge in [0.05, 0.1) is 23.3 Å². The van der Waals surface area contributed by atoms with Gasteiger partial charge in [0.2, 0.25) is 0 Å². The van der Waals surface area contributed by atoms with E-state index in [2.05, 4.69) is 10.6 Å². The minimum absolute atomic E-state index is 0.0650. The highest BCUT2D eigenvalue weighted by molar-refractivity contribution is 6.33. The number of hydrogen-bond acceptors (Lipinski definition) is 3. The third-order valence-corrected chi connectivity index (χ3v) is 5.91. The van der Waals surface area contributed by atoms with Crippen LogP contribution in [0.5, 0.6) is 0 Å². The first kappa shape index (κ1) is 22.1. The molecule has 0 spiro atoms. The Labute approximate surface area is 192 Å². The highest BCUT2D eigenvalue weighted by Gasteiger charge is 2.26. The average molecular weight is 449 g/mol. The highest BCUT2D eigenvalue weighted by atomic mass is 35.5. The second-order valence-electron chi connectivity index (χ2n) is 7.90. The molecule has 1 heterocycles. The SMILES string of the molecule is O=C(NCC1CC(CNC(=O)c2ccccc2Cl)CO1)c1ccc(-c2ccccc2)cc1. The van der Waals surface area contributed by atoms with Crippen molar-refractivity contribution in [2.24, 2.45) is 5.92 Å². The molecule has 0 radical (unpaired) electrons. The number of ether oxygens (including phenoxy) is 1. The molecular weight excluding hydrogens is 424 g/mol. The number of rotatable bonds is 7. The third kappa shape index (κ3) is 5.55. The van der Waals surface area contributed by atoms with E-state index in [9.17, 15) is 9.59 Å². The zero-order valence-electron chi connectivity index (χ0n) is 17.6. The van der Waals surface area contributed by atoms with Crippen LogP contribution in [0.3, 0.4) is 0 Å². The van der Waals surface area contributed by atoms with Crippen LogP contribution in [0.2, 0.25) is 5.02 Å². The Bertz CT molecular complexity index is 1070. The Morgan fingerprint density at radius 2 is 1.47 bits per heavy atom. The molecule has 1 fully saturated rings. The van der Waals surface area contributed by atoms with Crippen molar-refractivity contribution in [1.82, 2.24) is 10.6 Å². The Hall–Kier alpha value is -3.15. The van der Waals surface area contributed by atoms with Gasteiger partial charge in [-0.1, -0.05) is 66.2 Å². The van der Waals surface area contributed by atoms with E-state index in [1.165, 1.54) is 0 Å². The highest BCUT2D eigenvalue weighted by Crippen LogP contribution is 2.21. The first-order chi connectivity index (χ1) is 15.6. The first-order valence-electron chi connectivity index (χ1n) is 10.7. The van der Waals surface area contributed by atoms with Gasteiger partial charge < -0.3 is 15.4 Å². The topological polar surface area (TPSA) is 67.4 Å². The molecule has 1 aliphatic rings. The van der Waals surface area contributed by atoms with Crippen molar-refractivity contribution in [3.63, 3.8) is 0 Å². The molecular formula is C26H25ClN2O3. The van der Waals surface area contributed by atoms with Crippen LogP contribution >= 0.6 is 11.6 Å². The van der Waals surface area contributed by atoms with Crippen LogP contribution in [0.4, 0.5) is 0 Å². The minimum atomic E-state index is -0.189. The zero-order valence-corrected chi connectivity index (χ0v) is 18.3. The van der Waals surface area contributed by atoms with Crippen molar-refractivity contribution in [3.05, 3.63) is 95.0 Å². The summed E-state index contributed by atoms with van der Waals surface area (Å²) in [6.07, 6.45) is 0.709. The van der Waals surface area contributed by atoms with Crippen molar-refractivity contribution < 1.29 is 14.3 Å². The van der Waals surface area contributed by atoms with Gasteiger partial charge in [-0.2, -0.15) is 0 Å². The summed E-state index contributed by atoms with van der Waals surface area (Å²) in [6, 6.07) is 24.6. The largest absolute Gasteiger partial charge is 0.376 e. The minimum Gasteiger partial charge on any atom is -0.376 e. The molecule has 0 saturated carbocycles. The van der Waals surface area contributed by atoms with Crippen molar-refractivity contribution in [3.8, 4) is 11.1 Å². The van der Waals surface area contributed by atoms with Gasteiger partial charge in [0.1, 0.15) is 0 Å². The molecule has 6 heteroatoms. The molecule has 1 aliphatic heterocycles. The van der Waals surface area contributed by atoms with Crippen molar-refractivity contribution in [2.45, 2.75) is 12.5 Å². The van der Waals surface area contributed by atoms with Gasteiger partial charge in [0, 0.05) is 24.6 Å². The quantitative estimate of drug-likeness (QED) is 0.556. The van der Waals surface area contributed by atoms with E-state index < -0.39 is 0 Å². The normalized spacial score (nSPS) is 17.7. The second kappa shape index (κ2) is 10.4. The van der Waals surface area contributed by atoms with Crippen LogP contribution in [0.1, 0.15) is 27.1 Å². The van der Waals surface area contributed by atoms with E-state index >= 15 is 0 Å². The maximum Gasteiger partial charge on any atom is 0.252 e. The summed E-state index contributed by atoms with van der Waals surface area (Å²) in [5.74, 6) is -0.108. The van der Waals surface area contributed by atoms with E-state index in [4.69, 9.17) is 16.3 Å². The Morgan fingerprint density at radius 3 is 2.22 bits per heavy atom. The summed E-state index contributed by atoms with van der Waals surface area (Å²) in [4.78, 5) is 24.8. The molecule has 0 aliphatic carbocycles. The van der Waals surface area contributed by atoms with Crippen LogP contribution in [-0.2, 0) is 4.74 Å². The van der Waals surface area contributed by atoms with Gasteiger partial charge in [0.15, 0.2) is 0 Å². The van der Waals surface area contributed by atoms with Crippen molar-refractivity contribution in [1.29, 1.82) is 0 Å². The molecule has 0 bridgehead atoms. The fraction of sp³-hybridized carbons (Fsp3) is 0.231. The molecule has 3 aromatic rings. The predicted octanol–water partition coefficient (Wildman–Crippen LogP) is 4.57. The summed E-state index contributed by atoms with van der Waals surface area (Å²) in [7, 11) is 0. The van der Waals surface area contributed by atoms with Gasteiger partial charge in [0.25, 0.3) is 11.8 Å². The van der Waals surface area contributed by atoms with Crippen LogP contribution in [0, 0.1) is 5.92 Å². The van der Waals surface area contributed by atoms with Crippen LogP contribution < -0.4 is 10.6 Å². The zero-order chi connectivity index (χ0) is 22.3. The second-order valence-corrected chi connectivity index (χ2v) is 8.31. The van der Waals surface area contributed by atoms with Gasteiger partial charge in [-0.05, 0) is 41.8 Å². The summed E-state index contributed by atoms with van der Waals surface area (Å²) in [6.45, 7) is 1.50. The lowest BCUT2D eigenvalue weighted by Gasteiger charge is -2.12. The lowest BCUT2D eigenvalue weighted by molar-refractivity contribution is 0.0843. The molecule has 4 rings (SSSR count). The molecule has 0 aromatic heterocycles.